The fourth-order valence-corrected chi connectivity index (χ4v) is 2.30. The van der Waals surface area contributed by atoms with E-state index in [0.717, 1.165) is 0 Å². The van der Waals surface area contributed by atoms with Crippen molar-refractivity contribution in [3.05, 3.63) is 0 Å². The third-order valence-electron chi connectivity index (χ3n) is 3.76. The maximum atomic E-state index is 12.4. The van der Waals surface area contributed by atoms with Gasteiger partial charge in [-0.15, -0.1) is 0 Å². The zero-order valence-corrected chi connectivity index (χ0v) is 9.89. The van der Waals surface area contributed by atoms with Crippen LogP contribution in [0.3, 0.4) is 0 Å². The van der Waals surface area contributed by atoms with Crippen LogP contribution < -0.4 is 5.11 Å². The largest absolute Gasteiger partial charge is 0.550 e. The molecule has 9 heteroatoms. The average molecular weight is 293 g/mol. The van der Waals surface area contributed by atoms with E-state index in [4.69, 9.17) is 5.11 Å². The summed E-state index contributed by atoms with van der Waals surface area (Å²) >= 11 is 0. The number of hydrogen-bond donors (Lipinski definition) is 1. The van der Waals surface area contributed by atoms with Crippen molar-refractivity contribution >= 4 is 5.97 Å². The molecule has 1 fully saturated rings. The summed E-state index contributed by atoms with van der Waals surface area (Å²) in [6.07, 6.45) is -13.6. The molecule has 0 spiro atoms. The first-order chi connectivity index (χ1) is 8.16. The van der Waals surface area contributed by atoms with E-state index < -0.39 is 47.6 Å². The Kier molecular flexibility index (Phi) is 3.38. The number of carbonyl (C=O) groups is 1. The highest BCUT2D eigenvalue weighted by atomic mass is 19.4. The number of aliphatic carboxylic acids is 1. The third kappa shape index (κ3) is 2.39. The molecular weight excluding hydrogens is 282 g/mol. The van der Waals surface area contributed by atoms with Gasteiger partial charge in [-0.25, -0.2) is 0 Å². The smallest absolute Gasteiger partial charge is 0.426 e. The Labute approximate surface area is 104 Å². The molecule has 19 heavy (non-hydrogen) atoms. The van der Waals surface area contributed by atoms with Crippen LogP contribution in [-0.4, -0.2) is 29.0 Å². The van der Waals surface area contributed by atoms with Crippen molar-refractivity contribution in [2.45, 2.75) is 38.2 Å². The summed E-state index contributed by atoms with van der Waals surface area (Å²) < 4.78 is 74.6. The summed E-state index contributed by atoms with van der Waals surface area (Å²) in [6, 6.07) is 0. The SMILES string of the molecule is CC1(C)[C@@H](CC(O)(C(F)(F)F)C(F)(F)F)[C@@H]1C(=O)[O-]. The molecule has 1 rings (SSSR count). The summed E-state index contributed by atoms with van der Waals surface area (Å²) in [5.41, 5.74) is -6.19. The average Bonchev–Trinajstić information content (AvgIpc) is 2.63. The Balaban J connectivity index is 3.04. The highest BCUT2D eigenvalue weighted by Gasteiger charge is 2.74. The van der Waals surface area contributed by atoms with E-state index in [1.807, 2.05) is 0 Å². The highest BCUT2D eigenvalue weighted by molar-refractivity contribution is 5.73. The summed E-state index contributed by atoms with van der Waals surface area (Å²) in [5, 5.41) is 19.6. The van der Waals surface area contributed by atoms with Crippen LogP contribution in [0.5, 0.6) is 0 Å². The first-order valence-corrected chi connectivity index (χ1v) is 5.23. The molecule has 2 atom stereocenters. The Hall–Kier alpha value is -0.990. The minimum Gasteiger partial charge on any atom is -0.550 e. The molecule has 1 aliphatic carbocycles. The van der Waals surface area contributed by atoms with Gasteiger partial charge in [0.25, 0.3) is 5.60 Å². The topological polar surface area (TPSA) is 60.4 Å². The lowest BCUT2D eigenvalue weighted by atomic mass is 9.92. The van der Waals surface area contributed by atoms with E-state index in [9.17, 15) is 36.2 Å². The van der Waals surface area contributed by atoms with Gasteiger partial charge in [0, 0.05) is 11.9 Å². The van der Waals surface area contributed by atoms with Crippen LogP contribution in [0.2, 0.25) is 0 Å². The fraction of sp³-hybridized carbons (Fsp3) is 0.900. The second-order valence-corrected chi connectivity index (χ2v) is 5.28. The van der Waals surface area contributed by atoms with Gasteiger partial charge in [0.2, 0.25) is 0 Å². The zero-order chi connectivity index (χ0) is 15.4. The quantitative estimate of drug-likeness (QED) is 0.797. The van der Waals surface area contributed by atoms with Crippen molar-refractivity contribution in [1.29, 1.82) is 0 Å². The number of rotatable bonds is 3. The Bertz CT molecular complexity index is 370. The van der Waals surface area contributed by atoms with Gasteiger partial charge in [0.1, 0.15) is 0 Å². The van der Waals surface area contributed by atoms with E-state index in [2.05, 4.69) is 0 Å². The molecule has 1 N–H and O–H groups in total. The van der Waals surface area contributed by atoms with Crippen molar-refractivity contribution in [1.82, 2.24) is 0 Å². The first-order valence-electron chi connectivity index (χ1n) is 5.23. The van der Waals surface area contributed by atoms with Gasteiger partial charge in [-0.05, 0) is 17.8 Å². The lowest BCUT2D eigenvalue weighted by Crippen LogP contribution is -2.57. The molecule has 0 aromatic rings. The van der Waals surface area contributed by atoms with Crippen LogP contribution in [0.4, 0.5) is 26.3 Å². The monoisotopic (exact) mass is 293 g/mol. The van der Waals surface area contributed by atoms with Crippen molar-refractivity contribution in [2.24, 2.45) is 17.3 Å². The second kappa shape index (κ2) is 4.00. The van der Waals surface area contributed by atoms with Gasteiger partial charge in [-0.3, -0.25) is 0 Å². The number of carbonyl (C=O) groups excluding carboxylic acids is 1. The number of carboxylic acid groups (broad SMARTS) is 1. The van der Waals surface area contributed by atoms with Crippen LogP contribution in [-0.2, 0) is 4.79 Å². The second-order valence-electron chi connectivity index (χ2n) is 5.28. The lowest BCUT2D eigenvalue weighted by Gasteiger charge is -2.32. The van der Waals surface area contributed by atoms with Crippen molar-refractivity contribution in [2.75, 3.05) is 0 Å². The number of aliphatic hydroxyl groups is 1. The van der Waals surface area contributed by atoms with Gasteiger partial charge >= 0.3 is 12.4 Å². The molecule has 0 aromatic heterocycles. The molecular formula is C10H11F6O3-. The lowest BCUT2D eigenvalue weighted by molar-refractivity contribution is -0.371. The number of alkyl halides is 6. The molecule has 0 radical (unpaired) electrons. The van der Waals surface area contributed by atoms with Gasteiger partial charge in [-0.1, -0.05) is 13.8 Å². The predicted molar refractivity (Wildman–Crippen MR) is 47.4 cm³/mol. The Morgan fingerprint density at radius 2 is 1.53 bits per heavy atom. The number of hydrogen-bond acceptors (Lipinski definition) is 3. The van der Waals surface area contributed by atoms with Crippen LogP contribution in [0.15, 0.2) is 0 Å². The van der Waals surface area contributed by atoms with Crippen molar-refractivity contribution in [3.8, 4) is 0 Å². The van der Waals surface area contributed by atoms with Gasteiger partial charge in [0.05, 0.1) is 0 Å². The Morgan fingerprint density at radius 3 is 1.74 bits per heavy atom. The van der Waals surface area contributed by atoms with Crippen LogP contribution in [0.1, 0.15) is 20.3 Å². The van der Waals surface area contributed by atoms with Crippen LogP contribution >= 0.6 is 0 Å². The molecule has 0 heterocycles. The molecule has 0 aromatic carbocycles. The first kappa shape index (κ1) is 16.1. The molecule has 0 unspecified atom stereocenters. The van der Waals surface area contributed by atoms with E-state index in [1.54, 1.807) is 0 Å². The van der Waals surface area contributed by atoms with Crippen LogP contribution in [0.25, 0.3) is 0 Å². The fourth-order valence-electron chi connectivity index (χ4n) is 2.30. The van der Waals surface area contributed by atoms with Gasteiger partial charge < -0.3 is 15.0 Å². The maximum absolute atomic E-state index is 12.4. The summed E-state index contributed by atoms with van der Waals surface area (Å²) in [7, 11) is 0. The van der Waals surface area contributed by atoms with E-state index in [1.165, 1.54) is 13.8 Å². The minimum atomic E-state index is -5.93. The molecule has 0 amide bonds. The van der Waals surface area contributed by atoms with E-state index in [-0.39, 0.29) is 0 Å². The molecule has 0 aliphatic heterocycles. The highest BCUT2D eigenvalue weighted by Crippen LogP contribution is 2.63. The molecule has 0 saturated heterocycles. The summed E-state index contributed by atoms with van der Waals surface area (Å²) in [5.74, 6) is -4.61. The molecule has 1 saturated carbocycles. The Morgan fingerprint density at radius 1 is 1.16 bits per heavy atom. The van der Waals surface area contributed by atoms with Gasteiger partial charge in [-0.2, -0.15) is 26.3 Å². The third-order valence-corrected chi connectivity index (χ3v) is 3.76. The number of carboxylic acids is 1. The normalized spacial score (nSPS) is 27.2. The molecule has 112 valence electrons. The standard InChI is InChI=1S/C10H12F6O3/c1-7(2)4(5(7)6(17)18)3-8(19,9(11,12)13)10(14,15)16/h4-5,19H,3H2,1-2H3,(H,17,18)/p-1/t4-,5+/m0/s1. The maximum Gasteiger partial charge on any atom is 0.426 e. The van der Waals surface area contributed by atoms with Crippen molar-refractivity contribution < 1.29 is 41.4 Å². The minimum absolute atomic E-state index is 1.21. The molecule has 3 nitrogen and oxygen atoms in total. The zero-order valence-electron chi connectivity index (χ0n) is 9.89. The van der Waals surface area contributed by atoms with E-state index in [0.29, 0.717) is 0 Å². The van der Waals surface area contributed by atoms with Gasteiger partial charge in [0.15, 0.2) is 0 Å². The summed E-state index contributed by atoms with van der Waals surface area (Å²) in [4.78, 5) is 10.6. The number of halogens is 6. The molecule has 1 aliphatic rings. The summed E-state index contributed by atoms with van der Waals surface area (Å²) in [6.45, 7) is 2.43. The van der Waals surface area contributed by atoms with E-state index >= 15 is 0 Å². The van der Waals surface area contributed by atoms with Crippen LogP contribution in [0, 0.1) is 17.3 Å². The predicted octanol–water partition coefficient (Wildman–Crippen LogP) is 1.25. The molecule has 0 bridgehead atoms. The van der Waals surface area contributed by atoms with Crippen molar-refractivity contribution in [3.63, 3.8) is 0 Å².